The SMILES string of the molecule is COc1ccc(-n2c(C(c3ccccc3Cl)N3CCN(c4cccc(Cl)c4Cl)CC3)n[nH]c2=S)cc1. The first kappa shape index (κ1) is 25.1. The van der Waals surface area contributed by atoms with Gasteiger partial charge < -0.3 is 9.64 Å². The number of H-pyrrole nitrogens is 1. The lowest BCUT2D eigenvalue weighted by Crippen LogP contribution is -2.48. The molecule has 3 aromatic carbocycles. The van der Waals surface area contributed by atoms with Gasteiger partial charge in [-0.1, -0.05) is 59.1 Å². The number of methoxy groups -OCH3 is 1. The molecule has 1 aromatic heterocycles. The second-order valence-electron chi connectivity index (χ2n) is 8.44. The van der Waals surface area contributed by atoms with Gasteiger partial charge in [0.25, 0.3) is 0 Å². The first-order valence-electron chi connectivity index (χ1n) is 11.5. The third-order valence-electron chi connectivity index (χ3n) is 6.42. The van der Waals surface area contributed by atoms with Crippen LogP contribution in [0.3, 0.4) is 0 Å². The number of hydrogen-bond acceptors (Lipinski definition) is 5. The minimum atomic E-state index is -0.217. The fourth-order valence-corrected chi connectivity index (χ4v) is 5.53. The van der Waals surface area contributed by atoms with Gasteiger partial charge in [-0.15, -0.1) is 0 Å². The van der Waals surface area contributed by atoms with Crippen LogP contribution in [-0.2, 0) is 0 Å². The van der Waals surface area contributed by atoms with Crippen molar-refractivity contribution in [1.82, 2.24) is 19.7 Å². The van der Waals surface area contributed by atoms with Crippen LogP contribution in [0.25, 0.3) is 5.69 Å². The molecule has 1 fully saturated rings. The van der Waals surface area contributed by atoms with Crippen LogP contribution in [0.1, 0.15) is 17.4 Å². The fraction of sp³-hybridized carbons (Fsp3) is 0.231. The molecule has 36 heavy (non-hydrogen) atoms. The molecule has 0 amide bonds. The molecule has 186 valence electrons. The van der Waals surface area contributed by atoms with E-state index in [1.807, 2.05) is 65.2 Å². The van der Waals surface area contributed by atoms with Crippen LogP contribution in [0.4, 0.5) is 5.69 Å². The summed E-state index contributed by atoms with van der Waals surface area (Å²) < 4.78 is 7.80. The highest BCUT2D eigenvalue weighted by Gasteiger charge is 2.32. The zero-order valence-corrected chi connectivity index (χ0v) is 22.6. The van der Waals surface area contributed by atoms with E-state index in [1.165, 1.54) is 0 Å². The lowest BCUT2D eigenvalue weighted by atomic mass is 10.0. The summed E-state index contributed by atoms with van der Waals surface area (Å²) >= 11 is 25.2. The van der Waals surface area contributed by atoms with Crippen LogP contribution in [0.5, 0.6) is 5.75 Å². The van der Waals surface area contributed by atoms with Crippen molar-refractivity contribution >= 4 is 52.7 Å². The molecule has 5 rings (SSSR count). The Morgan fingerprint density at radius 3 is 2.28 bits per heavy atom. The number of benzene rings is 3. The average Bonchev–Trinajstić information content (AvgIpc) is 3.28. The van der Waals surface area contributed by atoms with Crippen molar-refractivity contribution in [2.75, 3.05) is 38.2 Å². The molecule has 0 saturated carbocycles. The number of rotatable bonds is 6. The number of nitrogens with zero attached hydrogens (tertiary/aromatic N) is 4. The highest BCUT2D eigenvalue weighted by atomic mass is 35.5. The predicted molar refractivity (Wildman–Crippen MR) is 149 cm³/mol. The summed E-state index contributed by atoms with van der Waals surface area (Å²) in [6.07, 6.45) is 0. The van der Waals surface area contributed by atoms with E-state index in [-0.39, 0.29) is 6.04 Å². The van der Waals surface area contributed by atoms with Crippen LogP contribution in [0.2, 0.25) is 15.1 Å². The fourth-order valence-electron chi connectivity index (χ4n) is 4.63. The Hall–Kier alpha value is -2.55. The van der Waals surface area contributed by atoms with E-state index in [2.05, 4.69) is 20.0 Å². The second kappa shape index (κ2) is 10.8. The summed E-state index contributed by atoms with van der Waals surface area (Å²) in [6, 6.07) is 21.2. The molecule has 10 heteroatoms. The zero-order chi connectivity index (χ0) is 25.2. The molecule has 0 radical (unpaired) electrons. The van der Waals surface area contributed by atoms with Crippen molar-refractivity contribution in [1.29, 1.82) is 0 Å². The lowest BCUT2D eigenvalue weighted by molar-refractivity contribution is 0.204. The maximum atomic E-state index is 6.74. The Kier molecular flexibility index (Phi) is 7.55. The maximum absolute atomic E-state index is 6.74. The first-order chi connectivity index (χ1) is 17.5. The third-order valence-corrected chi connectivity index (χ3v) is 7.85. The number of hydrogen-bond donors (Lipinski definition) is 1. The van der Waals surface area contributed by atoms with E-state index in [0.717, 1.165) is 54.7 Å². The topological polar surface area (TPSA) is 49.3 Å². The van der Waals surface area contributed by atoms with Gasteiger partial charge in [-0.3, -0.25) is 14.6 Å². The molecule has 0 bridgehead atoms. The number of anilines is 1. The molecule has 1 saturated heterocycles. The summed E-state index contributed by atoms with van der Waals surface area (Å²) in [5.74, 6) is 1.54. The van der Waals surface area contributed by atoms with Crippen molar-refractivity contribution < 1.29 is 4.74 Å². The smallest absolute Gasteiger partial charge is 0.199 e. The molecular weight excluding hydrogens is 537 g/mol. The Labute approximate surface area is 230 Å². The van der Waals surface area contributed by atoms with E-state index in [1.54, 1.807) is 13.2 Å². The van der Waals surface area contributed by atoms with Crippen LogP contribution in [-0.4, -0.2) is 53.0 Å². The Morgan fingerprint density at radius 2 is 1.58 bits per heavy atom. The number of aromatic amines is 1. The first-order valence-corrected chi connectivity index (χ1v) is 13.0. The van der Waals surface area contributed by atoms with E-state index in [0.29, 0.717) is 19.8 Å². The number of aromatic nitrogens is 3. The van der Waals surface area contributed by atoms with Gasteiger partial charge >= 0.3 is 0 Å². The van der Waals surface area contributed by atoms with E-state index >= 15 is 0 Å². The summed E-state index contributed by atoms with van der Waals surface area (Å²) in [6.45, 7) is 3.07. The quantitative estimate of drug-likeness (QED) is 0.263. The number of piperazine rings is 1. The largest absolute Gasteiger partial charge is 0.497 e. The second-order valence-corrected chi connectivity index (χ2v) is 10.0. The van der Waals surface area contributed by atoms with Crippen LogP contribution >= 0.6 is 47.0 Å². The van der Waals surface area contributed by atoms with Gasteiger partial charge in [0.15, 0.2) is 10.6 Å². The van der Waals surface area contributed by atoms with Crippen molar-refractivity contribution in [2.45, 2.75) is 6.04 Å². The molecule has 4 aromatic rings. The highest BCUT2D eigenvalue weighted by Crippen LogP contribution is 2.37. The summed E-state index contributed by atoms with van der Waals surface area (Å²) in [4.78, 5) is 4.64. The van der Waals surface area contributed by atoms with Crippen molar-refractivity contribution in [3.63, 3.8) is 0 Å². The molecule has 1 aliphatic rings. The molecule has 1 unspecified atom stereocenters. The van der Waals surface area contributed by atoms with Crippen LogP contribution in [0, 0.1) is 4.77 Å². The molecule has 0 aliphatic carbocycles. The van der Waals surface area contributed by atoms with Gasteiger partial charge in [0.05, 0.1) is 28.9 Å². The summed E-state index contributed by atoms with van der Waals surface area (Å²) in [7, 11) is 1.65. The molecule has 2 heterocycles. The standard InChI is InChI=1S/C26H24Cl3N5OS/c1-35-18-11-9-17(10-12-18)34-25(30-31-26(34)36)24(19-5-2-3-6-20(19)27)33-15-13-32(14-16-33)22-8-4-7-21(28)23(22)29/h2-12,24H,13-16H2,1H3,(H,31,36). The Balaban J connectivity index is 1.52. The predicted octanol–water partition coefficient (Wildman–Crippen LogP) is 6.81. The summed E-state index contributed by atoms with van der Waals surface area (Å²) in [5, 5.41) is 9.50. The monoisotopic (exact) mass is 559 g/mol. The minimum absolute atomic E-state index is 0.217. The normalized spacial score (nSPS) is 15.2. The average molecular weight is 561 g/mol. The zero-order valence-electron chi connectivity index (χ0n) is 19.5. The third kappa shape index (κ3) is 4.86. The molecule has 1 N–H and O–H groups in total. The van der Waals surface area contributed by atoms with Crippen LogP contribution < -0.4 is 9.64 Å². The van der Waals surface area contributed by atoms with Gasteiger partial charge in [0, 0.05) is 36.9 Å². The Bertz CT molecular complexity index is 1410. The molecule has 1 aliphatic heterocycles. The summed E-state index contributed by atoms with van der Waals surface area (Å²) in [5.41, 5.74) is 2.81. The minimum Gasteiger partial charge on any atom is -0.497 e. The van der Waals surface area contributed by atoms with Gasteiger partial charge in [0.2, 0.25) is 0 Å². The maximum Gasteiger partial charge on any atom is 0.199 e. The van der Waals surface area contributed by atoms with E-state index in [9.17, 15) is 0 Å². The molecule has 1 atom stereocenters. The van der Waals surface area contributed by atoms with Gasteiger partial charge in [0.1, 0.15) is 5.75 Å². The number of halogens is 3. The molecule has 6 nitrogen and oxygen atoms in total. The number of ether oxygens (including phenoxy) is 1. The van der Waals surface area contributed by atoms with E-state index < -0.39 is 0 Å². The van der Waals surface area contributed by atoms with Crippen molar-refractivity contribution in [2.24, 2.45) is 0 Å². The lowest BCUT2D eigenvalue weighted by Gasteiger charge is -2.40. The van der Waals surface area contributed by atoms with Gasteiger partial charge in [-0.25, -0.2) is 0 Å². The molecular formula is C26H24Cl3N5OS. The molecule has 0 spiro atoms. The van der Waals surface area contributed by atoms with Gasteiger partial charge in [-0.2, -0.15) is 5.10 Å². The van der Waals surface area contributed by atoms with Crippen LogP contribution in [0.15, 0.2) is 66.7 Å². The van der Waals surface area contributed by atoms with Gasteiger partial charge in [-0.05, 0) is 60.2 Å². The Morgan fingerprint density at radius 1 is 0.889 bits per heavy atom. The van der Waals surface area contributed by atoms with Crippen molar-refractivity contribution in [3.8, 4) is 11.4 Å². The van der Waals surface area contributed by atoms with E-state index in [4.69, 9.17) is 51.8 Å². The number of nitrogens with one attached hydrogen (secondary N) is 1. The van der Waals surface area contributed by atoms with Crippen molar-refractivity contribution in [3.05, 3.63) is 98.0 Å². The highest BCUT2D eigenvalue weighted by molar-refractivity contribution is 7.71.